The molecule has 0 fully saturated rings. The van der Waals surface area contributed by atoms with Gasteiger partial charge in [-0.15, -0.1) is 0 Å². The molecule has 0 bridgehead atoms. The molecule has 1 aromatic rings. The molecule has 1 N–H and O–H groups in total. The molecule has 0 aromatic heterocycles. The summed E-state index contributed by atoms with van der Waals surface area (Å²) in [6.45, 7) is 1.71. The van der Waals surface area contributed by atoms with E-state index >= 15 is 0 Å². The fourth-order valence-electron chi connectivity index (χ4n) is 1.10. The van der Waals surface area contributed by atoms with Crippen molar-refractivity contribution in [3.8, 4) is 5.75 Å². The van der Waals surface area contributed by atoms with Crippen LogP contribution in [0.2, 0.25) is 0 Å². The Labute approximate surface area is 80.3 Å². The Morgan fingerprint density at radius 2 is 2.17 bits per heavy atom. The maximum Gasteiger partial charge on any atom is 0.125 e. The van der Waals surface area contributed by atoms with Gasteiger partial charge in [0.25, 0.3) is 0 Å². The summed E-state index contributed by atoms with van der Waals surface area (Å²) in [5.41, 5.74) is 0.792. The highest BCUT2D eigenvalue weighted by Crippen LogP contribution is 2.31. The zero-order chi connectivity index (χ0) is 9.14. The fraction of sp³-hybridized carbons (Fsp3) is 0.333. The lowest BCUT2D eigenvalue weighted by molar-refractivity contribution is 0.193. The van der Waals surface area contributed by atoms with Gasteiger partial charge in [-0.1, -0.05) is 22.0 Å². The number of hydrogen-bond donors (Lipinski definition) is 1. The van der Waals surface area contributed by atoms with Crippen LogP contribution in [-0.2, 0) is 0 Å². The Balaban J connectivity index is 3.20. The fourth-order valence-corrected chi connectivity index (χ4v) is 1.78. The molecule has 1 atom stereocenters. The molecule has 3 heteroatoms. The van der Waals surface area contributed by atoms with E-state index in [2.05, 4.69) is 15.9 Å². The molecule has 1 aromatic carbocycles. The Morgan fingerprint density at radius 1 is 1.50 bits per heavy atom. The van der Waals surface area contributed by atoms with Gasteiger partial charge in [0.1, 0.15) is 5.75 Å². The number of benzene rings is 1. The van der Waals surface area contributed by atoms with Crippen LogP contribution in [0.5, 0.6) is 5.75 Å². The number of aliphatic hydroxyl groups excluding tert-OH is 1. The predicted octanol–water partition coefficient (Wildman–Crippen LogP) is 2.51. The molecule has 0 radical (unpaired) electrons. The van der Waals surface area contributed by atoms with Gasteiger partial charge in [-0.25, -0.2) is 0 Å². The van der Waals surface area contributed by atoms with Gasteiger partial charge in [0.2, 0.25) is 0 Å². The normalized spacial score (nSPS) is 12.7. The second-order valence-corrected chi connectivity index (χ2v) is 3.39. The predicted molar refractivity (Wildman–Crippen MR) is 51.3 cm³/mol. The van der Waals surface area contributed by atoms with Crippen LogP contribution in [-0.4, -0.2) is 12.2 Å². The van der Waals surface area contributed by atoms with E-state index in [1.54, 1.807) is 14.0 Å². The van der Waals surface area contributed by atoms with E-state index in [-0.39, 0.29) is 0 Å². The first kappa shape index (κ1) is 9.55. The van der Waals surface area contributed by atoms with E-state index in [0.717, 1.165) is 10.0 Å². The molecule has 0 unspecified atom stereocenters. The van der Waals surface area contributed by atoms with Gasteiger partial charge in [-0.05, 0) is 19.1 Å². The Bertz CT molecular complexity index is 271. The first-order valence-electron chi connectivity index (χ1n) is 3.67. The van der Waals surface area contributed by atoms with Crippen molar-refractivity contribution in [2.24, 2.45) is 0 Å². The van der Waals surface area contributed by atoms with Gasteiger partial charge >= 0.3 is 0 Å². The molecule has 0 spiro atoms. The Hall–Kier alpha value is -0.540. The van der Waals surface area contributed by atoms with Crippen molar-refractivity contribution in [2.45, 2.75) is 13.0 Å². The molecular formula is C9H11BrO2. The van der Waals surface area contributed by atoms with E-state index in [9.17, 15) is 5.11 Å². The molecule has 1 rings (SSSR count). The summed E-state index contributed by atoms with van der Waals surface area (Å²) in [7, 11) is 1.59. The summed E-state index contributed by atoms with van der Waals surface area (Å²) in [4.78, 5) is 0. The molecule has 0 amide bonds. The van der Waals surface area contributed by atoms with Crippen molar-refractivity contribution in [3.63, 3.8) is 0 Å². The van der Waals surface area contributed by atoms with Gasteiger partial charge in [0.15, 0.2) is 0 Å². The maximum absolute atomic E-state index is 9.41. The number of methoxy groups -OCH3 is 1. The van der Waals surface area contributed by atoms with Crippen LogP contribution >= 0.6 is 15.9 Å². The SMILES string of the molecule is COc1cccc(Br)c1[C@@H](C)O. The van der Waals surface area contributed by atoms with E-state index < -0.39 is 6.10 Å². The molecular weight excluding hydrogens is 220 g/mol. The lowest BCUT2D eigenvalue weighted by atomic mass is 10.1. The standard InChI is InChI=1S/C9H11BrO2/c1-6(11)9-7(10)4-3-5-8(9)12-2/h3-6,11H,1-2H3/t6-/m1/s1. The molecule has 0 saturated carbocycles. The van der Waals surface area contributed by atoms with Crippen molar-refractivity contribution in [1.82, 2.24) is 0 Å². The summed E-state index contributed by atoms with van der Waals surface area (Å²) in [6.07, 6.45) is -0.518. The summed E-state index contributed by atoms with van der Waals surface area (Å²) in [5, 5.41) is 9.41. The first-order chi connectivity index (χ1) is 5.66. The van der Waals surface area contributed by atoms with E-state index in [1.807, 2.05) is 18.2 Å². The third-order valence-corrected chi connectivity index (χ3v) is 2.34. The molecule has 0 aliphatic heterocycles. The van der Waals surface area contributed by atoms with Gasteiger partial charge in [0, 0.05) is 10.0 Å². The average Bonchev–Trinajstić information content (AvgIpc) is 2.03. The highest BCUT2D eigenvalue weighted by atomic mass is 79.9. The molecule has 66 valence electrons. The Kier molecular flexibility index (Phi) is 3.12. The van der Waals surface area contributed by atoms with Crippen LogP contribution in [0.1, 0.15) is 18.6 Å². The summed E-state index contributed by atoms with van der Waals surface area (Å²) < 4.78 is 5.97. The monoisotopic (exact) mass is 230 g/mol. The maximum atomic E-state index is 9.41. The number of ether oxygens (including phenoxy) is 1. The van der Waals surface area contributed by atoms with Gasteiger partial charge < -0.3 is 9.84 Å². The van der Waals surface area contributed by atoms with E-state index in [1.165, 1.54) is 0 Å². The average molecular weight is 231 g/mol. The zero-order valence-corrected chi connectivity index (χ0v) is 8.63. The van der Waals surface area contributed by atoms with Gasteiger partial charge in [-0.3, -0.25) is 0 Å². The van der Waals surface area contributed by atoms with Crippen LogP contribution < -0.4 is 4.74 Å². The minimum atomic E-state index is -0.518. The quantitative estimate of drug-likeness (QED) is 0.847. The summed E-state index contributed by atoms with van der Waals surface area (Å²) in [5.74, 6) is 0.708. The van der Waals surface area contributed by atoms with Gasteiger partial charge in [-0.2, -0.15) is 0 Å². The zero-order valence-electron chi connectivity index (χ0n) is 7.04. The van der Waals surface area contributed by atoms with Crippen molar-refractivity contribution in [2.75, 3.05) is 7.11 Å². The molecule has 0 aliphatic carbocycles. The van der Waals surface area contributed by atoms with Crippen molar-refractivity contribution < 1.29 is 9.84 Å². The molecule has 0 aliphatic rings. The third-order valence-electron chi connectivity index (χ3n) is 1.65. The Morgan fingerprint density at radius 3 is 2.58 bits per heavy atom. The minimum absolute atomic E-state index is 0.518. The lowest BCUT2D eigenvalue weighted by Gasteiger charge is -2.12. The van der Waals surface area contributed by atoms with Crippen LogP contribution in [0.3, 0.4) is 0 Å². The lowest BCUT2D eigenvalue weighted by Crippen LogP contribution is -1.97. The smallest absolute Gasteiger partial charge is 0.125 e. The molecule has 0 saturated heterocycles. The van der Waals surface area contributed by atoms with Crippen LogP contribution in [0.15, 0.2) is 22.7 Å². The third kappa shape index (κ3) is 1.79. The molecule has 0 heterocycles. The largest absolute Gasteiger partial charge is 0.496 e. The van der Waals surface area contributed by atoms with Crippen molar-refractivity contribution in [1.29, 1.82) is 0 Å². The minimum Gasteiger partial charge on any atom is -0.496 e. The second-order valence-electron chi connectivity index (χ2n) is 2.53. The topological polar surface area (TPSA) is 29.5 Å². The first-order valence-corrected chi connectivity index (χ1v) is 4.46. The van der Waals surface area contributed by atoms with E-state index in [4.69, 9.17) is 4.74 Å². The van der Waals surface area contributed by atoms with Gasteiger partial charge in [0.05, 0.1) is 13.2 Å². The highest BCUT2D eigenvalue weighted by Gasteiger charge is 2.11. The molecule has 2 nitrogen and oxygen atoms in total. The van der Waals surface area contributed by atoms with Crippen LogP contribution in [0, 0.1) is 0 Å². The number of halogens is 1. The van der Waals surface area contributed by atoms with E-state index in [0.29, 0.717) is 5.75 Å². The van der Waals surface area contributed by atoms with Crippen LogP contribution in [0.25, 0.3) is 0 Å². The second kappa shape index (κ2) is 3.92. The molecule has 12 heavy (non-hydrogen) atoms. The number of aliphatic hydroxyl groups is 1. The number of rotatable bonds is 2. The van der Waals surface area contributed by atoms with Crippen molar-refractivity contribution in [3.05, 3.63) is 28.2 Å². The van der Waals surface area contributed by atoms with Crippen molar-refractivity contribution >= 4 is 15.9 Å². The van der Waals surface area contributed by atoms with Crippen LogP contribution in [0.4, 0.5) is 0 Å². The summed E-state index contributed by atoms with van der Waals surface area (Å²) in [6, 6.07) is 5.58. The summed E-state index contributed by atoms with van der Waals surface area (Å²) >= 11 is 3.35. The number of hydrogen-bond acceptors (Lipinski definition) is 2. The highest BCUT2D eigenvalue weighted by molar-refractivity contribution is 9.10.